The minimum absolute atomic E-state index is 0.0518. The summed E-state index contributed by atoms with van der Waals surface area (Å²) in [6.07, 6.45) is 3.55. The Labute approximate surface area is 178 Å². The number of aryl methyl sites for hydroxylation is 1. The molecule has 1 atom stereocenters. The average molecular weight is 423 g/mol. The number of amides is 1. The number of carbonyl (C=O) groups excluding carboxylic acids is 1. The Balaban J connectivity index is 1.62. The number of phenolic OH excluding ortho intramolecular Hbond substituents is 3. The first-order chi connectivity index (χ1) is 14.5. The van der Waals surface area contributed by atoms with Gasteiger partial charge in [-0.2, -0.15) is 0 Å². The second-order valence-electron chi connectivity index (χ2n) is 7.79. The first-order valence-corrected chi connectivity index (χ1v) is 10.9. The van der Waals surface area contributed by atoms with Crippen LogP contribution in [0.15, 0.2) is 42.5 Å². The van der Waals surface area contributed by atoms with Crippen molar-refractivity contribution in [1.29, 1.82) is 0 Å². The highest BCUT2D eigenvalue weighted by molar-refractivity contribution is 7.16. The molecule has 0 bridgehead atoms. The molecule has 0 saturated heterocycles. The average Bonchev–Trinajstić information content (AvgIpc) is 3.13. The van der Waals surface area contributed by atoms with Crippen LogP contribution in [-0.4, -0.2) is 26.1 Å². The molecule has 2 aliphatic rings. The van der Waals surface area contributed by atoms with Crippen LogP contribution in [0.1, 0.15) is 50.9 Å². The molecule has 1 aliphatic carbocycles. The van der Waals surface area contributed by atoms with Crippen LogP contribution in [-0.2, 0) is 19.4 Å². The number of benzene rings is 2. The maximum absolute atomic E-state index is 13.7. The monoisotopic (exact) mass is 422 g/mol. The van der Waals surface area contributed by atoms with Gasteiger partial charge in [0, 0.05) is 17.0 Å². The van der Waals surface area contributed by atoms with E-state index in [1.54, 1.807) is 16.2 Å². The summed E-state index contributed by atoms with van der Waals surface area (Å²) < 4.78 is 0. The number of carbonyl (C=O) groups is 1. The van der Waals surface area contributed by atoms with Gasteiger partial charge in [0.1, 0.15) is 11.2 Å². The van der Waals surface area contributed by atoms with Crippen molar-refractivity contribution in [2.45, 2.75) is 38.4 Å². The Morgan fingerprint density at radius 1 is 1.03 bits per heavy atom. The van der Waals surface area contributed by atoms with E-state index in [0.29, 0.717) is 12.1 Å². The highest BCUT2D eigenvalue weighted by Gasteiger charge is 2.38. The highest BCUT2D eigenvalue weighted by atomic mass is 32.1. The summed E-state index contributed by atoms with van der Waals surface area (Å²) >= 11 is 1.63. The Kier molecular flexibility index (Phi) is 4.55. The standard InChI is InChI=1S/C23H22N2O4S/c26-16-10-14(11-17(27)20(16)28)21-24-22-19(15-8-4-5-9-18(15)30-22)23(29)25(21)12-13-6-2-1-3-7-13/h1-3,6-7,10-11,21,24,26-28H,4-5,8-9,12H2. The van der Waals surface area contributed by atoms with E-state index >= 15 is 0 Å². The fourth-order valence-corrected chi connectivity index (χ4v) is 5.65. The molecule has 30 heavy (non-hydrogen) atoms. The molecule has 5 rings (SSSR count). The van der Waals surface area contributed by atoms with Gasteiger partial charge in [-0.3, -0.25) is 4.79 Å². The molecule has 1 unspecified atom stereocenters. The van der Waals surface area contributed by atoms with Crippen LogP contribution in [0.5, 0.6) is 17.2 Å². The van der Waals surface area contributed by atoms with E-state index < -0.39 is 23.4 Å². The molecule has 0 saturated carbocycles. The molecule has 1 amide bonds. The highest BCUT2D eigenvalue weighted by Crippen LogP contribution is 2.46. The Hall–Kier alpha value is -3.19. The molecule has 6 nitrogen and oxygen atoms in total. The number of nitrogens with one attached hydrogen (secondary N) is 1. The lowest BCUT2D eigenvalue weighted by molar-refractivity contribution is 0.0666. The summed E-state index contributed by atoms with van der Waals surface area (Å²) in [7, 11) is 0. The zero-order valence-corrected chi connectivity index (χ0v) is 17.1. The molecule has 1 aromatic heterocycles. The third kappa shape index (κ3) is 3.06. The number of phenols is 3. The van der Waals surface area contributed by atoms with Gasteiger partial charge >= 0.3 is 0 Å². The fourth-order valence-electron chi connectivity index (χ4n) is 4.35. The van der Waals surface area contributed by atoms with E-state index in [2.05, 4.69) is 5.32 Å². The normalized spacial score (nSPS) is 17.9. The predicted octanol–water partition coefficient (Wildman–Crippen LogP) is 4.51. The molecule has 3 aromatic rings. The van der Waals surface area contributed by atoms with Gasteiger partial charge in [0.2, 0.25) is 0 Å². The van der Waals surface area contributed by atoms with Crippen LogP contribution in [0.25, 0.3) is 0 Å². The van der Waals surface area contributed by atoms with Crippen LogP contribution in [0.4, 0.5) is 5.00 Å². The lowest BCUT2D eigenvalue weighted by Crippen LogP contribution is -2.42. The predicted molar refractivity (Wildman–Crippen MR) is 115 cm³/mol. The number of hydrogen-bond acceptors (Lipinski definition) is 6. The summed E-state index contributed by atoms with van der Waals surface area (Å²) in [5.41, 5.74) is 3.40. The van der Waals surface area contributed by atoms with E-state index in [1.165, 1.54) is 17.0 Å². The summed E-state index contributed by atoms with van der Waals surface area (Å²) in [6, 6.07) is 12.5. The number of hydrogen-bond donors (Lipinski definition) is 4. The van der Waals surface area contributed by atoms with E-state index in [0.717, 1.165) is 47.4 Å². The topological polar surface area (TPSA) is 93.0 Å². The molecule has 4 N–H and O–H groups in total. The lowest BCUT2D eigenvalue weighted by Gasteiger charge is -2.37. The van der Waals surface area contributed by atoms with Crippen molar-refractivity contribution in [3.63, 3.8) is 0 Å². The van der Waals surface area contributed by atoms with Gasteiger partial charge in [0.25, 0.3) is 5.91 Å². The Bertz CT molecular complexity index is 1100. The largest absolute Gasteiger partial charge is 0.504 e. The molecule has 1 aliphatic heterocycles. The smallest absolute Gasteiger partial charge is 0.259 e. The summed E-state index contributed by atoms with van der Waals surface area (Å²) in [6.45, 7) is 0.379. The van der Waals surface area contributed by atoms with Gasteiger partial charge in [-0.05, 0) is 48.9 Å². The minimum Gasteiger partial charge on any atom is -0.504 e. The maximum Gasteiger partial charge on any atom is 0.259 e. The molecule has 2 heterocycles. The van der Waals surface area contributed by atoms with Gasteiger partial charge in [-0.15, -0.1) is 11.3 Å². The molecule has 0 spiro atoms. The molecule has 2 aromatic carbocycles. The second-order valence-corrected chi connectivity index (χ2v) is 8.89. The zero-order valence-electron chi connectivity index (χ0n) is 16.3. The first-order valence-electron chi connectivity index (χ1n) is 10.0. The van der Waals surface area contributed by atoms with Crippen LogP contribution >= 0.6 is 11.3 Å². The SMILES string of the molecule is O=C1c2c(sc3c2CCCC3)NC(c2cc(O)c(O)c(O)c2)N1Cc1ccccc1. The van der Waals surface area contributed by atoms with Gasteiger partial charge in [-0.25, -0.2) is 0 Å². The van der Waals surface area contributed by atoms with E-state index in [9.17, 15) is 20.1 Å². The van der Waals surface area contributed by atoms with Gasteiger partial charge < -0.3 is 25.5 Å². The lowest BCUT2D eigenvalue weighted by atomic mass is 9.93. The number of rotatable bonds is 3. The minimum atomic E-state index is -0.581. The Morgan fingerprint density at radius 3 is 2.47 bits per heavy atom. The number of nitrogens with zero attached hydrogens (tertiary/aromatic N) is 1. The quantitative estimate of drug-likeness (QED) is 0.466. The second kappa shape index (κ2) is 7.25. The van der Waals surface area contributed by atoms with Crippen molar-refractivity contribution < 1.29 is 20.1 Å². The molecule has 7 heteroatoms. The summed E-state index contributed by atoms with van der Waals surface area (Å²) in [4.78, 5) is 16.7. The Morgan fingerprint density at radius 2 is 1.73 bits per heavy atom. The molecule has 0 radical (unpaired) electrons. The number of aromatic hydroxyl groups is 3. The van der Waals surface area contributed by atoms with Gasteiger partial charge in [-0.1, -0.05) is 30.3 Å². The molecule has 154 valence electrons. The van der Waals surface area contributed by atoms with Crippen LogP contribution in [0.2, 0.25) is 0 Å². The third-order valence-electron chi connectivity index (χ3n) is 5.83. The molecular formula is C23H22N2O4S. The van der Waals surface area contributed by atoms with Crippen molar-refractivity contribution in [3.8, 4) is 17.2 Å². The molecular weight excluding hydrogens is 400 g/mol. The number of anilines is 1. The zero-order chi connectivity index (χ0) is 20.8. The van der Waals surface area contributed by atoms with Crippen molar-refractivity contribution in [2.75, 3.05) is 5.32 Å². The van der Waals surface area contributed by atoms with E-state index in [-0.39, 0.29) is 5.91 Å². The van der Waals surface area contributed by atoms with Crippen molar-refractivity contribution in [2.24, 2.45) is 0 Å². The van der Waals surface area contributed by atoms with Gasteiger partial charge in [0.05, 0.1) is 5.56 Å². The van der Waals surface area contributed by atoms with E-state index in [1.807, 2.05) is 30.3 Å². The number of fused-ring (bicyclic) bond motifs is 3. The van der Waals surface area contributed by atoms with Crippen molar-refractivity contribution in [1.82, 2.24) is 4.90 Å². The van der Waals surface area contributed by atoms with Crippen molar-refractivity contribution in [3.05, 3.63) is 69.6 Å². The third-order valence-corrected chi connectivity index (χ3v) is 7.05. The number of thiophene rings is 1. The molecule has 0 fully saturated rings. The first kappa shape index (κ1) is 18.8. The van der Waals surface area contributed by atoms with Crippen LogP contribution in [0.3, 0.4) is 0 Å². The maximum atomic E-state index is 13.7. The van der Waals surface area contributed by atoms with Gasteiger partial charge in [0.15, 0.2) is 17.2 Å². The summed E-state index contributed by atoms with van der Waals surface area (Å²) in [5.74, 6) is -1.46. The van der Waals surface area contributed by atoms with Crippen molar-refractivity contribution >= 4 is 22.2 Å². The fraction of sp³-hybridized carbons (Fsp3) is 0.261. The van der Waals surface area contributed by atoms with E-state index in [4.69, 9.17) is 0 Å². The van der Waals surface area contributed by atoms with Crippen LogP contribution < -0.4 is 5.32 Å². The van der Waals surface area contributed by atoms with Crippen LogP contribution in [0, 0.1) is 0 Å². The summed E-state index contributed by atoms with van der Waals surface area (Å²) in [5, 5.41) is 34.1.